The molecule has 0 aromatic heterocycles. The molecule has 0 fully saturated rings. The first-order chi connectivity index (χ1) is 9.88. The summed E-state index contributed by atoms with van der Waals surface area (Å²) in [5.74, 6) is 0.452. The highest BCUT2D eigenvalue weighted by molar-refractivity contribution is 6.31. The molecule has 21 heavy (non-hydrogen) atoms. The van der Waals surface area contributed by atoms with Crippen LogP contribution in [0, 0.1) is 0 Å². The van der Waals surface area contributed by atoms with Gasteiger partial charge in [0.15, 0.2) is 0 Å². The summed E-state index contributed by atoms with van der Waals surface area (Å²) in [5.41, 5.74) is 5.92. The van der Waals surface area contributed by atoms with E-state index < -0.39 is 12.2 Å². The molecule has 0 amide bonds. The summed E-state index contributed by atoms with van der Waals surface area (Å²) in [5, 5.41) is 0.577. The van der Waals surface area contributed by atoms with Gasteiger partial charge in [0.2, 0.25) is 0 Å². The Morgan fingerprint density at radius 1 is 1.05 bits per heavy atom. The number of alkyl halides is 3. The summed E-state index contributed by atoms with van der Waals surface area (Å²) in [7, 11) is 0. The van der Waals surface area contributed by atoms with Gasteiger partial charge in [-0.15, -0.1) is 0 Å². The number of benzene rings is 2. The van der Waals surface area contributed by atoms with Crippen molar-refractivity contribution in [2.45, 2.75) is 18.8 Å². The van der Waals surface area contributed by atoms with Crippen molar-refractivity contribution in [3.8, 4) is 5.75 Å². The third-order valence-corrected chi connectivity index (χ3v) is 3.31. The van der Waals surface area contributed by atoms with Crippen molar-refractivity contribution in [3.05, 3.63) is 64.7 Å². The lowest BCUT2D eigenvalue weighted by Crippen LogP contribution is -2.28. The first-order valence-electron chi connectivity index (χ1n) is 6.16. The SMILES string of the molecule is N[C@@H](c1ccc(OCc2ccccc2Cl)cc1)C(F)(F)F. The third-order valence-electron chi connectivity index (χ3n) is 2.94. The van der Waals surface area contributed by atoms with Crippen molar-refractivity contribution >= 4 is 11.6 Å². The molecule has 2 rings (SSSR count). The molecule has 6 heteroatoms. The lowest BCUT2D eigenvalue weighted by atomic mass is 10.1. The van der Waals surface area contributed by atoms with E-state index in [-0.39, 0.29) is 12.2 Å². The predicted molar refractivity (Wildman–Crippen MR) is 75.2 cm³/mol. The van der Waals surface area contributed by atoms with Crippen molar-refractivity contribution in [3.63, 3.8) is 0 Å². The second-order valence-electron chi connectivity index (χ2n) is 4.47. The minimum absolute atomic E-state index is 0.00686. The van der Waals surface area contributed by atoms with Gasteiger partial charge in [-0.05, 0) is 23.8 Å². The zero-order chi connectivity index (χ0) is 15.5. The quantitative estimate of drug-likeness (QED) is 0.902. The number of hydrogen-bond acceptors (Lipinski definition) is 2. The Labute approximate surface area is 125 Å². The summed E-state index contributed by atoms with van der Waals surface area (Å²) in [6, 6.07) is 10.7. The van der Waals surface area contributed by atoms with Crippen LogP contribution in [0.3, 0.4) is 0 Å². The molecule has 0 heterocycles. The molecule has 0 aliphatic heterocycles. The molecule has 0 bridgehead atoms. The van der Waals surface area contributed by atoms with E-state index in [1.54, 1.807) is 12.1 Å². The van der Waals surface area contributed by atoms with E-state index in [4.69, 9.17) is 22.1 Å². The summed E-state index contributed by atoms with van der Waals surface area (Å²) < 4.78 is 42.9. The van der Waals surface area contributed by atoms with Crippen molar-refractivity contribution in [2.75, 3.05) is 0 Å². The van der Waals surface area contributed by atoms with Crippen LogP contribution in [0.5, 0.6) is 5.75 Å². The molecule has 0 radical (unpaired) electrons. The van der Waals surface area contributed by atoms with Gasteiger partial charge in [-0.1, -0.05) is 41.9 Å². The van der Waals surface area contributed by atoms with E-state index in [0.717, 1.165) is 5.56 Å². The molecular weight excluding hydrogens is 303 g/mol. The highest BCUT2D eigenvalue weighted by atomic mass is 35.5. The van der Waals surface area contributed by atoms with Gasteiger partial charge < -0.3 is 10.5 Å². The van der Waals surface area contributed by atoms with E-state index >= 15 is 0 Å². The van der Waals surface area contributed by atoms with Crippen LogP contribution in [0.15, 0.2) is 48.5 Å². The number of nitrogens with two attached hydrogens (primary N) is 1. The standard InChI is InChI=1S/C15H13ClF3NO/c16-13-4-2-1-3-11(13)9-21-12-7-5-10(6-8-12)14(20)15(17,18)19/h1-8,14H,9,20H2/t14-/m0/s1. The molecule has 112 valence electrons. The molecule has 0 saturated heterocycles. The van der Waals surface area contributed by atoms with Gasteiger partial charge in [-0.3, -0.25) is 0 Å². The van der Waals surface area contributed by atoms with Gasteiger partial charge in [0.1, 0.15) is 18.4 Å². The van der Waals surface area contributed by atoms with Gasteiger partial charge in [0, 0.05) is 10.6 Å². The Kier molecular flexibility index (Phi) is 4.75. The van der Waals surface area contributed by atoms with Crippen LogP contribution in [-0.2, 0) is 6.61 Å². The van der Waals surface area contributed by atoms with Gasteiger partial charge >= 0.3 is 6.18 Å². The zero-order valence-electron chi connectivity index (χ0n) is 10.9. The lowest BCUT2D eigenvalue weighted by Gasteiger charge is -2.16. The van der Waals surface area contributed by atoms with Gasteiger partial charge in [-0.25, -0.2) is 0 Å². The number of ether oxygens (including phenoxy) is 1. The number of halogens is 4. The average Bonchev–Trinajstić information content (AvgIpc) is 2.45. The Bertz CT molecular complexity index is 599. The minimum atomic E-state index is -4.46. The van der Waals surface area contributed by atoms with E-state index in [9.17, 15) is 13.2 Å². The predicted octanol–water partition coefficient (Wildman–Crippen LogP) is 4.48. The van der Waals surface area contributed by atoms with Crippen molar-refractivity contribution in [1.29, 1.82) is 0 Å². The van der Waals surface area contributed by atoms with Crippen molar-refractivity contribution in [1.82, 2.24) is 0 Å². The first kappa shape index (κ1) is 15.7. The molecule has 0 aliphatic carbocycles. The second kappa shape index (κ2) is 6.37. The highest BCUT2D eigenvalue weighted by Gasteiger charge is 2.37. The van der Waals surface area contributed by atoms with Crippen LogP contribution in [0.1, 0.15) is 17.2 Å². The van der Waals surface area contributed by atoms with Gasteiger partial charge in [0.05, 0.1) is 0 Å². The maximum absolute atomic E-state index is 12.5. The molecule has 2 N–H and O–H groups in total. The van der Waals surface area contributed by atoms with Crippen LogP contribution < -0.4 is 10.5 Å². The Balaban J connectivity index is 2.02. The topological polar surface area (TPSA) is 35.2 Å². The molecule has 2 aromatic carbocycles. The fourth-order valence-electron chi connectivity index (χ4n) is 1.74. The summed E-state index contributed by atoms with van der Waals surface area (Å²) in [4.78, 5) is 0. The number of rotatable bonds is 4. The fraction of sp³-hybridized carbons (Fsp3) is 0.200. The molecule has 0 aliphatic rings. The molecule has 0 saturated carbocycles. The van der Waals surface area contributed by atoms with E-state index in [0.29, 0.717) is 10.8 Å². The second-order valence-corrected chi connectivity index (χ2v) is 4.88. The van der Waals surface area contributed by atoms with E-state index in [1.807, 2.05) is 12.1 Å². The summed E-state index contributed by atoms with van der Waals surface area (Å²) >= 11 is 5.99. The molecule has 2 nitrogen and oxygen atoms in total. The van der Waals surface area contributed by atoms with Crippen LogP contribution >= 0.6 is 11.6 Å². The third kappa shape index (κ3) is 4.12. The average molecular weight is 316 g/mol. The molecule has 2 aromatic rings. The normalized spacial score (nSPS) is 13.0. The van der Waals surface area contributed by atoms with Crippen LogP contribution in [-0.4, -0.2) is 6.18 Å². The molecule has 0 spiro atoms. The number of hydrogen-bond donors (Lipinski definition) is 1. The van der Waals surface area contributed by atoms with Crippen molar-refractivity contribution in [2.24, 2.45) is 5.73 Å². The molecule has 0 unspecified atom stereocenters. The minimum Gasteiger partial charge on any atom is -0.489 e. The largest absolute Gasteiger partial charge is 0.489 e. The monoisotopic (exact) mass is 315 g/mol. The Morgan fingerprint density at radius 3 is 2.24 bits per heavy atom. The zero-order valence-corrected chi connectivity index (χ0v) is 11.7. The van der Waals surface area contributed by atoms with Crippen molar-refractivity contribution < 1.29 is 17.9 Å². The van der Waals surface area contributed by atoms with E-state index in [2.05, 4.69) is 0 Å². The maximum atomic E-state index is 12.5. The Hall–Kier alpha value is -1.72. The smallest absolute Gasteiger partial charge is 0.407 e. The fourth-order valence-corrected chi connectivity index (χ4v) is 1.93. The van der Waals surface area contributed by atoms with Crippen LogP contribution in [0.2, 0.25) is 5.02 Å². The van der Waals surface area contributed by atoms with E-state index in [1.165, 1.54) is 24.3 Å². The van der Waals surface area contributed by atoms with Crippen LogP contribution in [0.25, 0.3) is 0 Å². The maximum Gasteiger partial charge on any atom is 0.407 e. The lowest BCUT2D eigenvalue weighted by molar-refractivity contribution is -0.149. The van der Waals surface area contributed by atoms with Crippen LogP contribution in [0.4, 0.5) is 13.2 Å². The highest BCUT2D eigenvalue weighted by Crippen LogP contribution is 2.31. The Morgan fingerprint density at radius 2 is 1.67 bits per heavy atom. The molecular formula is C15H13ClF3NO. The van der Waals surface area contributed by atoms with Gasteiger partial charge in [0.25, 0.3) is 0 Å². The first-order valence-corrected chi connectivity index (χ1v) is 6.54. The molecule has 1 atom stereocenters. The summed E-state index contributed by atoms with van der Waals surface area (Å²) in [6.45, 7) is 0.240. The van der Waals surface area contributed by atoms with Gasteiger partial charge in [-0.2, -0.15) is 13.2 Å². The summed E-state index contributed by atoms with van der Waals surface area (Å²) in [6.07, 6.45) is -4.46.